The van der Waals surface area contributed by atoms with Crippen LogP contribution in [0.4, 0.5) is 5.82 Å². The van der Waals surface area contributed by atoms with Crippen LogP contribution in [0.1, 0.15) is 5.56 Å². The van der Waals surface area contributed by atoms with Crippen LogP contribution >= 0.6 is 11.3 Å². The van der Waals surface area contributed by atoms with Crippen molar-refractivity contribution in [2.45, 2.75) is 6.42 Å². The number of hydrogen-bond acceptors (Lipinski definition) is 4. The molecule has 4 aromatic rings. The molecule has 3 nitrogen and oxygen atoms in total. The molecule has 0 spiro atoms. The van der Waals surface area contributed by atoms with E-state index < -0.39 is 0 Å². The van der Waals surface area contributed by atoms with Crippen molar-refractivity contribution < 1.29 is 0 Å². The summed E-state index contributed by atoms with van der Waals surface area (Å²) in [5, 5.41) is 6.60. The van der Waals surface area contributed by atoms with Crippen molar-refractivity contribution in [3.05, 3.63) is 77.7 Å². The molecule has 0 fully saturated rings. The van der Waals surface area contributed by atoms with Gasteiger partial charge in [0.15, 0.2) is 5.82 Å². The zero-order valence-electron chi connectivity index (χ0n) is 13.1. The van der Waals surface area contributed by atoms with Gasteiger partial charge in [0.1, 0.15) is 5.82 Å². The van der Waals surface area contributed by atoms with Gasteiger partial charge in [-0.05, 0) is 35.6 Å². The summed E-state index contributed by atoms with van der Waals surface area (Å²) in [6.07, 6.45) is 0.966. The first-order chi connectivity index (χ1) is 11.9. The molecule has 0 bridgehead atoms. The van der Waals surface area contributed by atoms with Crippen LogP contribution in [-0.4, -0.2) is 16.5 Å². The Balaban J connectivity index is 1.63. The summed E-state index contributed by atoms with van der Waals surface area (Å²) < 4.78 is 0. The Labute approximate surface area is 145 Å². The fourth-order valence-corrected chi connectivity index (χ4v) is 3.35. The van der Waals surface area contributed by atoms with Crippen LogP contribution in [0.5, 0.6) is 0 Å². The molecule has 0 aliphatic carbocycles. The maximum Gasteiger partial charge on any atom is 0.172 e. The number of rotatable bonds is 5. The van der Waals surface area contributed by atoms with E-state index in [4.69, 9.17) is 9.97 Å². The highest BCUT2D eigenvalue weighted by molar-refractivity contribution is 7.13. The molecule has 0 saturated heterocycles. The molecule has 2 aromatic heterocycles. The highest BCUT2D eigenvalue weighted by atomic mass is 32.1. The summed E-state index contributed by atoms with van der Waals surface area (Å²) in [4.78, 5) is 10.6. The number of hydrogen-bond donors (Lipinski definition) is 1. The fraction of sp³-hybridized carbons (Fsp3) is 0.100. The minimum atomic E-state index is 0.783. The Bertz CT molecular complexity index is 934. The van der Waals surface area contributed by atoms with Gasteiger partial charge in [0.2, 0.25) is 0 Å². The van der Waals surface area contributed by atoms with Gasteiger partial charge in [-0.15, -0.1) is 11.3 Å². The minimum absolute atomic E-state index is 0.783. The second-order valence-electron chi connectivity index (χ2n) is 5.55. The lowest BCUT2D eigenvalue weighted by atomic mass is 10.1. The van der Waals surface area contributed by atoms with Crippen molar-refractivity contribution in [2.24, 2.45) is 0 Å². The van der Waals surface area contributed by atoms with E-state index in [1.807, 2.05) is 30.3 Å². The summed E-state index contributed by atoms with van der Waals surface area (Å²) in [6.45, 7) is 0.842. The molecule has 4 heteroatoms. The topological polar surface area (TPSA) is 37.8 Å². The molecule has 0 radical (unpaired) electrons. The Morgan fingerprint density at radius 2 is 1.67 bits per heavy atom. The normalized spacial score (nSPS) is 10.8. The van der Waals surface area contributed by atoms with Gasteiger partial charge >= 0.3 is 0 Å². The van der Waals surface area contributed by atoms with Gasteiger partial charge in [0.25, 0.3) is 0 Å². The SMILES string of the molecule is c1ccc(CCNc2nc(-c3cccs3)nc3ccccc23)cc1. The fourth-order valence-electron chi connectivity index (χ4n) is 2.70. The summed E-state index contributed by atoms with van der Waals surface area (Å²) in [7, 11) is 0. The Hall–Kier alpha value is -2.72. The van der Waals surface area contributed by atoms with Crippen LogP contribution in [0.25, 0.3) is 21.6 Å². The molecule has 2 aromatic carbocycles. The van der Waals surface area contributed by atoms with Gasteiger partial charge in [-0.1, -0.05) is 48.5 Å². The van der Waals surface area contributed by atoms with E-state index in [2.05, 4.69) is 47.1 Å². The third-order valence-corrected chi connectivity index (χ3v) is 4.76. The van der Waals surface area contributed by atoms with Crippen LogP contribution in [0.3, 0.4) is 0 Å². The minimum Gasteiger partial charge on any atom is -0.369 e. The van der Waals surface area contributed by atoms with Gasteiger partial charge in [-0.25, -0.2) is 9.97 Å². The van der Waals surface area contributed by atoms with E-state index in [0.717, 1.165) is 40.4 Å². The maximum absolute atomic E-state index is 4.76. The first-order valence-electron chi connectivity index (χ1n) is 7.98. The van der Waals surface area contributed by atoms with Crippen molar-refractivity contribution in [1.82, 2.24) is 9.97 Å². The monoisotopic (exact) mass is 331 g/mol. The number of aromatic nitrogens is 2. The van der Waals surface area contributed by atoms with Crippen molar-refractivity contribution >= 4 is 28.1 Å². The molecule has 0 atom stereocenters. The molecule has 0 aliphatic rings. The van der Waals surface area contributed by atoms with Crippen LogP contribution in [-0.2, 0) is 6.42 Å². The van der Waals surface area contributed by atoms with E-state index in [0.29, 0.717) is 0 Å². The Morgan fingerprint density at radius 1 is 0.833 bits per heavy atom. The van der Waals surface area contributed by atoms with Gasteiger partial charge in [-0.2, -0.15) is 0 Å². The molecule has 0 unspecified atom stereocenters. The van der Waals surface area contributed by atoms with E-state index >= 15 is 0 Å². The van der Waals surface area contributed by atoms with Crippen LogP contribution < -0.4 is 5.32 Å². The van der Waals surface area contributed by atoms with Crippen molar-refractivity contribution in [1.29, 1.82) is 0 Å². The number of benzene rings is 2. The predicted octanol–water partition coefficient (Wildman–Crippen LogP) is 5.01. The standard InChI is InChI=1S/C20H17N3S/c1-2-7-15(8-3-1)12-13-21-19-16-9-4-5-10-17(16)22-20(23-19)18-11-6-14-24-18/h1-11,14H,12-13H2,(H,21,22,23). The molecule has 118 valence electrons. The Morgan fingerprint density at radius 3 is 2.50 bits per heavy atom. The zero-order valence-corrected chi connectivity index (χ0v) is 14.0. The molecule has 0 aliphatic heterocycles. The number of thiophene rings is 1. The lowest BCUT2D eigenvalue weighted by Crippen LogP contribution is -2.08. The van der Waals surface area contributed by atoms with E-state index in [1.54, 1.807) is 11.3 Å². The number of fused-ring (bicyclic) bond motifs is 1. The lowest BCUT2D eigenvalue weighted by molar-refractivity contribution is 1.01. The number of anilines is 1. The summed E-state index contributed by atoms with van der Waals surface area (Å²) in [6, 6.07) is 22.7. The zero-order chi connectivity index (χ0) is 16.2. The number of nitrogens with one attached hydrogen (secondary N) is 1. The van der Waals surface area contributed by atoms with Crippen LogP contribution in [0.2, 0.25) is 0 Å². The first-order valence-corrected chi connectivity index (χ1v) is 8.86. The molecule has 24 heavy (non-hydrogen) atoms. The van der Waals surface area contributed by atoms with Crippen LogP contribution in [0.15, 0.2) is 72.1 Å². The second-order valence-corrected chi connectivity index (χ2v) is 6.50. The van der Waals surface area contributed by atoms with Gasteiger partial charge in [0.05, 0.1) is 10.4 Å². The van der Waals surface area contributed by atoms with Gasteiger partial charge < -0.3 is 5.32 Å². The molecule has 2 heterocycles. The predicted molar refractivity (Wildman–Crippen MR) is 101 cm³/mol. The van der Waals surface area contributed by atoms with Crippen molar-refractivity contribution in [3.8, 4) is 10.7 Å². The molecule has 4 rings (SSSR count). The third kappa shape index (κ3) is 3.14. The second kappa shape index (κ2) is 6.81. The number of para-hydroxylation sites is 1. The average Bonchev–Trinajstić information content (AvgIpc) is 3.17. The maximum atomic E-state index is 4.76. The van der Waals surface area contributed by atoms with Gasteiger partial charge in [0, 0.05) is 11.9 Å². The molecular formula is C20H17N3S. The van der Waals surface area contributed by atoms with E-state index in [-0.39, 0.29) is 0 Å². The van der Waals surface area contributed by atoms with E-state index in [1.165, 1.54) is 5.56 Å². The first kappa shape index (κ1) is 14.8. The molecule has 0 saturated carbocycles. The molecule has 0 amide bonds. The summed E-state index contributed by atoms with van der Waals surface area (Å²) in [5.74, 6) is 1.69. The largest absolute Gasteiger partial charge is 0.369 e. The van der Waals surface area contributed by atoms with Crippen molar-refractivity contribution in [2.75, 3.05) is 11.9 Å². The summed E-state index contributed by atoms with van der Waals surface area (Å²) in [5.41, 5.74) is 2.29. The Kier molecular flexibility index (Phi) is 4.21. The summed E-state index contributed by atoms with van der Waals surface area (Å²) >= 11 is 1.66. The smallest absolute Gasteiger partial charge is 0.172 e. The van der Waals surface area contributed by atoms with E-state index in [9.17, 15) is 0 Å². The lowest BCUT2D eigenvalue weighted by Gasteiger charge is -2.10. The van der Waals surface area contributed by atoms with Crippen molar-refractivity contribution in [3.63, 3.8) is 0 Å². The highest BCUT2D eigenvalue weighted by Gasteiger charge is 2.09. The van der Waals surface area contributed by atoms with Gasteiger partial charge in [-0.3, -0.25) is 0 Å². The molecular weight excluding hydrogens is 314 g/mol. The molecule has 1 N–H and O–H groups in total. The van der Waals surface area contributed by atoms with Crippen LogP contribution in [0, 0.1) is 0 Å². The quantitative estimate of drug-likeness (QED) is 0.558. The average molecular weight is 331 g/mol. The highest BCUT2D eigenvalue weighted by Crippen LogP contribution is 2.27. The number of nitrogens with zero attached hydrogens (tertiary/aromatic N) is 2. The third-order valence-electron chi connectivity index (χ3n) is 3.89.